The highest BCUT2D eigenvalue weighted by Gasteiger charge is 2.17. The number of benzene rings is 5. The van der Waals surface area contributed by atoms with E-state index in [0.29, 0.717) is 0 Å². The molecule has 0 atom stereocenters. The molecular formula is C38H46Cl2N6O6. The highest BCUT2D eigenvalue weighted by molar-refractivity contribution is 5.82. The molecule has 0 fully saturated rings. The largest absolute Gasteiger partial charge is 0.378 e. The monoisotopic (exact) mass is 752 g/mol. The van der Waals surface area contributed by atoms with Crippen LogP contribution >= 0.6 is 0 Å². The standard InChI is InChI=1S/C38H44N6.2ClHO3/c1-39(2)29-9-17-33(18-10-29)43(34-19-11-30(12-20-34)40(3)4)37-25-27-38(28-26-37)44(35-21-13-31(14-22-35)41(5)6)36-23-15-32(16-24-36)42(7)8;2*2-1(3)4/h9-28H,1-8H3;2*2H. The van der Waals surface area contributed by atoms with Crippen LogP contribution in [0.2, 0.25) is 0 Å². The van der Waals surface area contributed by atoms with Gasteiger partial charge in [-0.3, -0.25) is 0 Å². The summed E-state index contributed by atoms with van der Waals surface area (Å²) in [6.07, 6.45) is 0. The van der Waals surface area contributed by atoms with Crippen molar-refractivity contribution in [2.75, 3.05) is 85.8 Å². The van der Waals surface area contributed by atoms with Crippen molar-refractivity contribution in [3.63, 3.8) is 0 Å². The van der Waals surface area contributed by atoms with Crippen LogP contribution in [0.1, 0.15) is 0 Å². The number of hydrogen-bond acceptors (Lipinski definition) is 12. The topological polar surface area (TPSA) is 152 Å². The molecule has 12 nitrogen and oxygen atoms in total. The fraction of sp³-hybridized carbons (Fsp3) is 0.211. The van der Waals surface area contributed by atoms with Crippen LogP contribution in [0.4, 0.5) is 56.9 Å². The zero-order valence-corrected chi connectivity index (χ0v) is 32.0. The average Bonchev–Trinajstić information content (AvgIpc) is 3.09. The maximum absolute atomic E-state index is 8.52. The molecule has 0 aromatic heterocycles. The lowest BCUT2D eigenvalue weighted by Crippen LogP contribution is -2.30. The second-order valence-corrected chi connectivity index (χ2v) is 13.0. The predicted molar refractivity (Wildman–Crippen MR) is 198 cm³/mol. The van der Waals surface area contributed by atoms with Gasteiger partial charge in [0.1, 0.15) is 0 Å². The van der Waals surface area contributed by atoms with E-state index in [0.717, 1.165) is 34.1 Å². The van der Waals surface area contributed by atoms with Crippen molar-refractivity contribution < 1.29 is 49.5 Å². The van der Waals surface area contributed by atoms with Crippen LogP contribution in [-0.2, 0) is 0 Å². The van der Waals surface area contributed by atoms with Gasteiger partial charge >= 0.3 is 0 Å². The van der Waals surface area contributed by atoms with Crippen LogP contribution < -0.4 is 48.0 Å². The highest BCUT2D eigenvalue weighted by Crippen LogP contribution is 2.40. The Hall–Kier alpha value is -4.76. The van der Waals surface area contributed by atoms with E-state index < -0.39 is 21.6 Å². The predicted octanol–water partition coefficient (Wildman–Crippen LogP) is 3.02. The van der Waals surface area contributed by atoms with Crippen molar-refractivity contribution in [3.8, 4) is 0 Å². The Labute approximate surface area is 312 Å². The number of hydrogen-bond donors (Lipinski definition) is 2. The van der Waals surface area contributed by atoms with Crippen LogP contribution in [-0.4, -0.2) is 65.7 Å². The van der Waals surface area contributed by atoms with E-state index in [1.165, 1.54) is 22.7 Å². The molecule has 0 aliphatic carbocycles. The molecule has 0 heterocycles. The Morgan fingerprint density at radius 2 is 0.385 bits per heavy atom. The fourth-order valence-corrected chi connectivity index (χ4v) is 5.24. The van der Waals surface area contributed by atoms with E-state index in [4.69, 9.17) is 28.0 Å². The van der Waals surface area contributed by atoms with Gasteiger partial charge in [-0.1, -0.05) is 0 Å². The molecule has 0 spiro atoms. The number of rotatable bonds is 10. The molecule has 0 aliphatic heterocycles. The SMILES string of the molecule is CN(C)c1ccc(N(c2ccc(N(C)C)cc2)c2ccc(N(c3ccc(N(C)C)cc3)c3ccc(N(C)C)cc3)cc2)cc1.[O-][Cl+2]([O-])O.[O-][Cl+2]([O-])O. The third-order valence-corrected chi connectivity index (χ3v) is 7.86. The molecule has 14 heteroatoms. The lowest BCUT2D eigenvalue weighted by molar-refractivity contribution is -1.63. The molecule has 0 saturated carbocycles. The van der Waals surface area contributed by atoms with Crippen molar-refractivity contribution in [1.29, 1.82) is 0 Å². The maximum atomic E-state index is 8.52. The molecule has 0 amide bonds. The van der Waals surface area contributed by atoms with E-state index in [1.807, 2.05) is 0 Å². The molecule has 5 rings (SSSR count). The Kier molecular flexibility index (Phi) is 15.8. The van der Waals surface area contributed by atoms with Gasteiger partial charge in [0.2, 0.25) is 0 Å². The number of anilines is 10. The van der Waals surface area contributed by atoms with Crippen LogP contribution in [0, 0.1) is 21.6 Å². The van der Waals surface area contributed by atoms with E-state index in [1.54, 1.807) is 0 Å². The summed E-state index contributed by atoms with van der Waals surface area (Å²) in [5, 5.41) is 0. The first-order chi connectivity index (χ1) is 24.6. The molecular weight excluding hydrogens is 707 g/mol. The molecule has 5 aromatic rings. The molecule has 0 saturated heterocycles. The van der Waals surface area contributed by atoms with Crippen LogP contribution in [0.25, 0.3) is 0 Å². The molecule has 0 radical (unpaired) electrons. The maximum Gasteiger partial charge on any atom is 0.282 e. The van der Waals surface area contributed by atoms with E-state index in [-0.39, 0.29) is 0 Å². The molecule has 0 aliphatic rings. The van der Waals surface area contributed by atoms with Gasteiger partial charge in [-0.25, -0.2) is 0 Å². The van der Waals surface area contributed by atoms with Gasteiger partial charge in [-0.15, -0.1) is 0 Å². The lowest BCUT2D eigenvalue weighted by Gasteiger charge is -2.29. The van der Waals surface area contributed by atoms with Crippen molar-refractivity contribution in [2.45, 2.75) is 0 Å². The van der Waals surface area contributed by atoms with Crippen LogP contribution in [0.3, 0.4) is 0 Å². The zero-order valence-electron chi connectivity index (χ0n) is 30.5. The van der Waals surface area contributed by atoms with Crippen LogP contribution in [0.5, 0.6) is 0 Å². The first-order valence-corrected chi connectivity index (χ1v) is 17.8. The van der Waals surface area contributed by atoms with Gasteiger partial charge < -0.3 is 48.0 Å². The first-order valence-electron chi connectivity index (χ1n) is 15.9. The lowest BCUT2D eigenvalue weighted by atomic mass is 10.1. The molecule has 0 unspecified atom stereocenters. The van der Waals surface area contributed by atoms with Crippen molar-refractivity contribution in [3.05, 3.63) is 121 Å². The minimum Gasteiger partial charge on any atom is -0.378 e. The van der Waals surface area contributed by atoms with Gasteiger partial charge in [0.05, 0.1) is 0 Å². The Bertz CT molecular complexity index is 1520. The molecule has 278 valence electrons. The Morgan fingerprint density at radius 1 is 0.288 bits per heavy atom. The minimum absolute atomic E-state index is 1.09. The van der Waals surface area contributed by atoms with E-state index >= 15 is 0 Å². The zero-order chi connectivity index (χ0) is 38.5. The molecule has 0 bridgehead atoms. The summed E-state index contributed by atoms with van der Waals surface area (Å²) in [4.78, 5) is 13.1. The minimum atomic E-state index is -2.60. The van der Waals surface area contributed by atoms with Gasteiger partial charge in [-0.2, -0.15) is 0 Å². The quantitative estimate of drug-likeness (QED) is 0.216. The van der Waals surface area contributed by atoms with E-state index in [9.17, 15) is 0 Å². The molecule has 52 heavy (non-hydrogen) atoms. The molecule has 2 N–H and O–H groups in total. The summed E-state index contributed by atoms with van der Waals surface area (Å²) >= 11 is 0. The third kappa shape index (κ3) is 12.2. The average molecular weight is 754 g/mol. The summed E-state index contributed by atoms with van der Waals surface area (Å²) in [6.45, 7) is 0. The van der Waals surface area contributed by atoms with Gasteiger partial charge in [0.15, 0.2) is 0 Å². The van der Waals surface area contributed by atoms with E-state index in [2.05, 4.69) is 207 Å². The van der Waals surface area contributed by atoms with Gasteiger partial charge in [0.25, 0.3) is 21.6 Å². The van der Waals surface area contributed by atoms with Crippen LogP contribution in [0.15, 0.2) is 121 Å². The summed E-state index contributed by atoms with van der Waals surface area (Å²) in [6, 6.07) is 43.7. The smallest absolute Gasteiger partial charge is 0.282 e. The van der Waals surface area contributed by atoms with Crippen molar-refractivity contribution in [2.24, 2.45) is 0 Å². The normalized spacial score (nSPS) is 10.5. The first kappa shape index (κ1) is 41.7. The Morgan fingerprint density at radius 3 is 0.481 bits per heavy atom. The second-order valence-electron chi connectivity index (χ2n) is 12.2. The van der Waals surface area contributed by atoms with Crippen molar-refractivity contribution in [1.82, 2.24) is 0 Å². The summed E-state index contributed by atoms with van der Waals surface area (Å²) in [5.41, 5.74) is 11.3. The van der Waals surface area contributed by atoms with Crippen molar-refractivity contribution >= 4 is 56.9 Å². The summed E-state index contributed by atoms with van der Waals surface area (Å²) in [5.74, 6) is 0. The van der Waals surface area contributed by atoms with Gasteiger partial charge in [-0.05, 0) is 121 Å². The fourth-order valence-electron chi connectivity index (χ4n) is 5.24. The second kappa shape index (κ2) is 19.7. The summed E-state index contributed by atoms with van der Waals surface area (Å²) in [7, 11) is 11.3. The third-order valence-electron chi connectivity index (χ3n) is 7.86. The highest BCUT2D eigenvalue weighted by atomic mass is 35.6. The number of nitrogens with zero attached hydrogens (tertiary/aromatic N) is 6. The van der Waals surface area contributed by atoms with Gasteiger partial charge in [0, 0.05) is 123 Å². The summed E-state index contributed by atoms with van der Waals surface area (Å²) < 4.78 is 47.9. The number of halogens is 2. The molecule has 5 aromatic carbocycles. The Balaban J connectivity index is 0.000000827.